The summed E-state index contributed by atoms with van der Waals surface area (Å²) in [6.07, 6.45) is 0.748. The minimum absolute atomic E-state index is 0.282. The number of nitrogens with zero attached hydrogens (tertiary/aromatic N) is 2. The van der Waals surface area contributed by atoms with Crippen molar-refractivity contribution < 1.29 is 9.90 Å². The van der Waals surface area contributed by atoms with Crippen molar-refractivity contribution in [3.8, 4) is 6.07 Å². The third kappa shape index (κ3) is 3.56. The van der Waals surface area contributed by atoms with Gasteiger partial charge in [0.2, 0.25) is 0 Å². The maximum Gasteiger partial charge on any atom is 0.335 e. The summed E-state index contributed by atoms with van der Waals surface area (Å²) in [6, 6.07) is 14.0. The number of hydrogen-bond acceptors (Lipinski definition) is 4. The second-order valence-corrected chi connectivity index (χ2v) is 4.20. The monoisotopic (exact) mass is 267 g/mol. The van der Waals surface area contributed by atoms with Crippen LogP contribution in [0.25, 0.3) is 0 Å². The highest BCUT2D eigenvalue weighted by atomic mass is 16.4. The van der Waals surface area contributed by atoms with Crippen LogP contribution in [0, 0.1) is 11.3 Å². The molecule has 0 fully saturated rings. The van der Waals surface area contributed by atoms with Gasteiger partial charge in [-0.3, -0.25) is 0 Å². The number of aromatic nitrogens is 1. The molecular formula is C15H13N3O2. The number of hydrogen-bond donors (Lipinski definition) is 2. The van der Waals surface area contributed by atoms with Crippen LogP contribution in [0.1, 0.15) is 21.6 Å². The highest BCUT2D eigenvalue weighted by Gasteiger charge is 2.02. The van der Waals surface area contributed by atoms with Gasteiger partial charge in [-0.2, -0.15) is 5.26 Å². The van der Waals surface area contributed by atoms with Crippen LogP contribution in [-0.4, -0.2) is 22.6 Å². The number of benzene rings is 1. The fourth-order valence-electron chi connectivity index (χ4n) is 1.74. The molecule has 0 radical (unpaired) electrons. The Labute approximate surface area is 116 Å². The summed E-state index contributed by atoms with van der Waals surface area (Å²) in [7, 11) is 0. The SMILES string of the molecule is N#Cc1cccc(NCCc2ccc(C(=O)O)cc2)n1. The van der Waals surface area contributed by atoms with Crippen molar-refractivity contribution in [3.05, 3.63) is 59.3 Å². The Kier molecular flexibility index (Phi) is 4.30. The van der Waals surface area contributed by atoms with Crippen LogP contribution < -0.4 is 5.32 Å². The molecule has 0 amide bonds. The van der Waals surface area contributed by atoms with Gasteiger partial charge in [0.05, 0.1) is 5.56 Å². The molecule has 2 aromatic rings. The molecule has 0 bridgehead atoms. The molecular weight excluding hydrogens is 254 g/mol. The first-order valence-electron chi connectivity index (χ1n) is 6.12. The molecule has 0 aliphatic carbocycles. The summed E-state index contributed by atoms with van der Waals surface area (Å²) in [5.74, 6) is -0.265. The van der Waals surface area contributed by atoms with E-state index < -0.39 is 5.97 Å². The van der Waals surface area contributed by atoms with Crippen molar-refractivity contribution in [2.24, 2.45) is 0 Å². The summed E-state index contributed by atoms with van der Waals surface area (Å²) < 4.78 is 0. The van der Waals surface area contributed by atoms with Crippen molar-refractivity contribution in [1.82, 2.24) is 4.98 Å². The molecule has 5 heteroatoms. The van der Waals surface area contributed by atoms with Gasteiger partial charge >= 0.3 is 5.97 Å². The Morgan fingerprint density at radius 2 is 2.00 bits per heavy atom. The largest absolute Gasteiger partial charge is 0.478 e. The van der Waals surface area contributed by atoms with Gasteiger partial charge in [0.25, 0.3) is 0 Å². The van der Waals surface area contributed by atoms with Gasteiger partial charge in [-0.1, -0.05) is 18.2 Å². The van der Waals surface area contributed by atoms with Crippen molar-refractivity contribution in [2.75, 3.05) is 11.9 Å². The summed E-state index contributed by atoms with van der Waals surface area (Å²) >= 11 is 0. The molecule has 100 valence electrons. The second-order valence-electron chi connectivity index (χ2n) is 4.20. The van der Waals surface area contributed by atoms with Gasteiger partial charge in [-0.15, -0.1) is 0 Å². The van der Waals surface area contributed by atoms with E-state index in [1.54, 1.807) is 42.5 Å². The number of aromatic carboxylic acids is 1. The van der Waals surface area contributed by atoms with Gasteiger partial charge in [0, 0.05) is 6.54 Å². The number of carboxylic acid groups (broad SMARTS) is 1. The fraction of sp³-hybridized carbons (Fsp3) is 0.133. The normalized spacial score (nSPS) is 9.75. The molecule has 0 saturated carbocycles. The van der Waals surface area contributed by atoms with E-state index in [1.807, 2.05) is 6.07 Å². The molecule has 1 heterocycles. The van der Waals surface area contributed by atoms with Gasteiger partial charge in [0.1, 0.15) is 17.6 Å². The molecule has 0 aliphatic rings. The lowest BCUT2D eigenvalue weighted by atomic mass is 10.1. The first-order valence-corrected chi connectivity index (χ1v) is 6.12. The lowest BCUT2D eigenvalue weighted by Gasteiger charge is -2.06. The summed E-state index contributed by atoms with van der Waals surface area (Å²) in [6.45, 7) is 0.661. The number of nitriles is 1. The van der Waals surface area contributed by atoms with Crippen LogP contribution in [0.3, 0.4) is 0 Å². The topological polar surface area (TPSA) is 86.0 Å². The van der Waals surface area contributed by atoms with Crippen LogP contribution in [0.2, 0.25) is 0 Å². The molecule has 2 N–H and O–H groups in total. The molecule has 0 unspecified atom stereocenters. The molecule has 5 nitrogen and oxygen atoms in total. The lowest BCUT2D eigenvalue weighted by molar-refractivity contribution is 0.0697. The Morgan fingerprint density at radius 1 is 1.25 bits per heavy atom. The second kappa shape index (κ2) is 6.34. The molecule has 0 spiro atoms. The molecule has 2 rings (SSSR count). The number of nitrogens with one attached hydrogen (secondary N) is 1. The lowest BCUT2D eigenvalue weighted by Crippen LogP contribution is -2.07. The number of rotatable bonds is 5. The van der Waals surface area contributed by atoms with E-state index in [0.29, 0.717) is 18.1 Å². The van der Waals surface area contributed by atoms with Crippen LogP contribution >= 0.6 is 0 Å². The fourth-order valence-corrected chi connectivity index (χ4v) is 1.74. The van der Waals surface area contributed by atoms with E-state index in [9.17, 15) is 4.79 Å². The molecule has 0 atom stereocenters. The van der Waals surface area contributed by atoms with Gasteiger partial charge in [-0.05, 0) is 36.2 Å². The zero-order valence-corrected chi connectivity index (χ0v) is 10.7. The highest BCUT2D eigenvalue weighted by molar-refractivity contribution is 5.87. The minimum atomic E-state index is -0.924. The van der Waals surface area contributed by atoms with E-state index in [2.05, 4.69) is 10.3 Å². The van der Waals surface area contributed by atoms with Gasteiger partial charge in [-0.25, -0.2) is 9.78 Å². The van der Waals surface area contributed by atoms with Crippen molar-refractivity contribution in [1.29, 1.82) is 5.26 Å². The number of pyridine rings is 1. The predicted molar refractivity (Wildman–Crippen MR) is 74.5 cm³/mol. The number of anilines is 1. The summed E-state index contributed by atoms with van der Waals surface area (Å²) in [5, 5.41) is 20.7. The minimum Gasteiger partial charge on any atom is -0.478 e. The Bertz CT molecular complexity index is 645. The quantitative estimate of drug-likeness (QED) is 0.868. The maximum atomic E-state index is 10.7. The van der Waals surface area contributed by atoms with E-state index in [4.69, 9.17) is 10.4 Å². The molecule has 20 heavy (non-hydrogen) atoms. The first-order chi connectivity index (χ1) is 9.69. The van der Waals surface area contributed by atoms with Crippen LogP contribution in [0.5, 0.6) is 0 Å². The zero-order valence-electron chi connectivity index (χ0n) is 10.7. The third-order valence-electron chi connectivity index (χ3n) is 2.78. The Balaban J connectivity index is 1.89. The van der Waals surface area contributed by atoms with Gasteiger partial charge in [0.15, 0.2) is 0 Å². The Hall–Kier alpha value is -2.87. The standard InChI is InChI=1S/C15H13N3O2/c16-10-13-2-1-3-14(18-13)17-9-8-11-4-6-12(7-5-11)15(19)20/h1-7H,8-9H2,(H,17,18)(H,19,20). The van der Waals surface area contributed by atoms with E-state index in [-0.39, 0.29) is 5.56 Å². The predicted octanol–water partition coefficient (Wildman–Crippen LogP) is 2.31. The van der Waals surface area contributed by atoms with Crippen molar-refractivity contribution >= 4 is 11.8 Å². The molecule has 1 aromatic heterocycles. The first kappa shape index (κ1) is 13.6. The third-order valence-corrected chi connectivity index (χ3v) is 2.78. The maximum absolute atomic E-state index is 10.7. The smallest absolute Gasteiger partial charge is 0.335 e. The molecule has 0 saturated heterocycles. The molecule has 0 aliphatic heterocycles. The molecule has 1 aromatic carbocycles. The van der Waals surface area contributed by atoms with Crippen molar-refractivity contribution in [3.63, 3.8) is 0 Å². The zero-order chi connectivity index (χ0) is 14.4. The highest BCUT2D eigenvalue weighted by Crippen LogP contribution is 2.07. The summed E-state index contributed by atoms with van der Waals surface area (Å²) in [4.78, 5) is 14.8. The van der Waals surface area contributed by atoms with E-state index in [1.165, 1.54) is 0 Å². The van der Waals surface area contributed by atoms with Crippen LogP contribution in [0.4, 0.5) is 5.82 Å². The van der Waals surface area contributed by atoms with Gasteiger partial charge < -0.3 is 10.4 Å². The van der Waals surface area contributed by atoms with E-state index in [0.717, 1.165) is 12.0 Å². The van der Waals surface area contributed by atoms with E-state index >= 15 is 0 Å². The van der Waals surface area contributed by atoms with Crippen LogP contribution in [0.15, 0.2) is 42.5 Å². The van der Waals surface area contributed by atoms with Crippen LogP contribution in [-0.2, 0) is 6.42 Å². The Morgan fingerprint density at radius 3 is 2.65 bits per heavy atom. The number of carbonyl (C=O) groups is 1. The average molecular weight is 267 g/mol. The summed E-state index contributed by atoms with van der Waals surface area (Å²) in [5.41, 5.74) is 1.70. The number of carboxylic acids is 1. The van der Waals surface area contributed by atoms with Crippen molar-refractivity contribution in [2.45, 2.75) is 6.42 Å². The average Bonchev–Trinajstić information content (AvgIpc) is 2.48.